The third-order valence-electron chi connectivity index (χ3n) is 3.16. The number of aryl methyl sites for hydroxylation is 1. The maximum Gasteiger partial charge on any atom is 0.192 e. The van der Waals surface area contributed by atoms with Gasteiger partial charge in [0.15, 0.2) is 5.96 Å². The first-order valence-corrected chi connectivity index (χ1v) is 6.64. The summed E-state index contributed by atoms with van der Waals surface area (Å²) in [5, 5.41) is 0. The molecule has 0 amide bonds. The standard InChI is InChI=1S/C13H18BrN3/c1-8(2)17-12(7-16-13(17)15)10-5-4-9(3)11(14)6-10/h4-6,8,12H,7H2,1-3H3,(H2,15,16). The van der Waals surface area contributed by atoms with Crippen molar-refractivity contribution in [3.05, 3.63) is 33.8 Å². The summed E-state index contributed by atoms with van der Waals surface area (Å²) in [7, 11) is 0. The molecule has 0 aliphatic carbocycles. The Kier molecular flexibility index (Phi) is 3.43. The molecule has 1 unspecified atom stereocenters. The molecule has 1 aromatic carbocycles. The van der Waals surface area contributed by atoms with Gasteiger partial charge in [0.25, 0.3) is 0 Å². The number of hydrogen-bond donors (Lipinski definition) is 1. The van der Waals surface area contributed by atoms with E-state index >= 15 is 0 Å². The Hall–Kier alpha value is -1.03. The van der Waals surface area contributed by atoms with Crippen molar-refractivity contribution in [2.24, 2.45) is 10.7 Å². The van der Waals surface area contributed by atoms with Crippen LogP contribution in [0.15, 0.2) is 27.7 Å². The van der Waals surface area contributed by atoms with Crippen molar-refractivity contribution in [2.45, 2.75) is 32.9 Å². The molecule has 4 heteroatoms. The largest absolute Gasteiger partial charge is 0.370 e. The predicted molar refractivity (Wildman–Crippen MR) is 75.1 cm³/mol. The summed E-state index contributed by atoms with van der Waals surface area (Å²) in [6.45, 7) is 7.13. The van der Waals surface area contributed by atoms with Gasteiger partial charge in [0.2, 0.25) is 0 Å². The van der Waals surface area contributed by atoms with E-state index in [1.165, 1.54) is 11.1 Å². The molecule has 1 atom stereocenters. The minimum atomic E-state index is 0.270. The fourth-order valence-corrected chi connectivity index (χ4v) is 2.61. The second-order valence-corrected chi connectivity index (χ2v) is 5.58. The highest BCUT2D eigenvalue weighted by Crippen LogP contribution is 2.30. The Balaban J connectivity index is 2.31. The SMILES string of the molecule is Cc1ccc(C2CN=C(N)N2C(C)C)cc1Br. The summed E-state index contributed by atoms with van der Waals surface area (Å²) >= 11 is 3.58. The number of rotatable bonds is 2. The van der Waals surface area contributed by atoms with Gasteiger partial charge in [-0.2, -0.15) is 0 Å². The molecule has 0 radical (unpaired) electrons. The van der Waals surface area contributed by atoms with Crippen molar-refractivity contribution in [3.63, 3.8) is 0 Å². The number of nitrogens with two attached hydrogens (primary N) is 1. The number of guanidine groups is 1. The maximum absolute atomic E-state index is 5.94. The van der Waals surface area contributed by atoms with E-state index in [4.69, 9.17) is 5.73 Å². The molecular formula is C13H18BrN3. The zero-order chi connectivity index (χ0) is 12.6. The lowest BCUT2D eigenvalue weighted by Gasteiger charge is -2.30. The zero-order valence-corrected chi connectivity index (χ0v) is 12.0. The average Bonchev–Trinajstić information content (AvgIpc) is 2.64. The van der Waals surface area contributed by atoms with Crippen molar-refractivity contribution in [3.8, 4) is 0 Å². The van der Waals surface area contributed by atoms with Gasteiger partial charge in [0.05, 0.1) is 12.6 Å². The third-order valence-corrected chi connectivity index (χ3v) is 4.02. The summed E-state index contributed by atoms with van der Waals surface area (Å²) in [4.78, 5) is 6.53. The molecule has 1 aliphatic heterocycles. The van der Waals surface area contributed by atoms with Gasteiger partial charge in [-0.05, 0) is 38.0 Å². The van der Waals surface area contributed by atoms with Crippen LogP contribution in [0.25, 0.3) is 0 Å². The molecule has 0 spiro atoms. The summed E-state index contributed by atoms with van der Waals surface area (Å²) in [6.07, 6.45) is 0. The van der Waals surface area contributed by atoms with Crippen LogP contribution in [0.4, 0.5) is 0 Å². The topological polar surface area (TPSA) is 41.6 Å². The zero-order valence-electron chi connectivity index (χ0n) is 10.4. The monoisotopic (exact) mass is 295 g/mol. The van der Waals surface area contributed by atoms with Gasteiger partial charge < -0.3 is 10.6 Å². The second kappa shape index (κ2) is 4.69. The number of nitrogens with zero attached hydrogens (tertiary/aromatic N) is 2. The number of hydrogen-bond acceptors (Lipinski definition) is 3. The molecule has 0 saturated heterocycles. The summed E-state index contributed by atoms with van der Waals surface area (Å²) in [6, 6.07) is 7.10. The quantitative estimate of drug-likeness (QED) is 0.912. The van der Waals surface area contributed by atoms with E-state index in [-0.39, 0.29) is 6.04 Å². The molecule has 3 nitrogen and oxygen atoms in total. The first kappa shape index (κ1) is 12.4. The normalized spacial score (nSPS) is 19.9. The first-order chi connectivity index (χ1) is 8.00. The van der Waals surface area contributed by atoms with Crippen LogP contribution >= 0.6 is 15.9 Å². The lowest BCUT2D eigenvalue weighted by molar-refractivity contribution is 0.290. The van der Waals surface area contributed by atoms with Gasteiger partial charge >= 0.3 is 0 Å². The second-order valence-electron chi connectivity index (χ2n) is 4.72. The average molecular weight is 296 g/mol. The molecule has 1 aliphatic rings. The van der Waals surface area contributed by atoms with Gasteiger partial charge in [-0.15, -0.1) is 0 Å². The van der Waals surface area contributed by atoms with Crippen molar-refractivity contribution in [1.82, 2.24) is 4.90 Å². The lowest BCUT2D eigenvalue weighted by atomic mass is 10.0. The first-order valence-electron chi connectivity index (χ1n) is 5.85. The highest BCUT2D eigenvalue weighted by molar-refractivity contribution is 9.10. The van der Waals surface area contributed by atoms with E-state index in [2.05, 4.69) is 64.8 Å². The number of halogens is 1. The van der Waals surface area contributed by atoms with Crippen LogP contribution in [0, 0.1) is 6.92 Å². The Bertz CT molecular complexity index is 454. The Morgan fingerprint density at radius 3 is 2.76 bits per heavy atom. The molecule has 2 N–H and O–H groups in total. The molecule has 0 bridgehead atoms. The van der Waals surface area contributed by atoms with Crippen LogP contribution in [0.1, 0.15) is 31.0 Å². The van der Waals surface area contributed by atoms with Crippen LogP contribution in [0.2, 0.25) is 0 Å². The van der Waals surface area contributed by atoms with Crippen LogP contribution in [-0.4, -0.2) is 23.4 Å². The highest BCUT2D eigenvalue weighted by Gasteiger charge is 2.29. The van der Waals surface area contributed by atoms with Crippen LogP contribution in [0.3, 0.4) is 0 Å². The van der Waals surface area contributed by atoms with Crippen molar-refractivity contribution < 1.29 is 0 Å². The fraction of sp³-hybridized carbons (Fsp3) is 0.462. The van der Waals surface area contributed by atoms with E-state index in [0.29, 0.717) is 12.0 Å². The van der Waals surface area contributed by atoms with Crippen molar-refractivity contribution >= 4 is 21.9 Å². The lowest BCUT2D eigenvalue weighted by Crippen LogP contribution is -2.40. The predicted octanol–water partition coefficient (Wildman–Crippen LogP) is 2.84. The molecule has 92 valence electrons. The highest BCUT2D eigenvalue weighted by atomic mass is 79.9. The van der Waals surface area contributed by atoms with E-state index in [1.54, 1.807) is 0 Å². The van der Waals surface area contributed by atoms with Crippen LogP contribution in [0.5, 0.6) is 0 Å². The van der Waals surface area contributed by atoms with Crippen LogP contribution < -0.4 is 5.73 Å². The van der Waals surface area contributed by atoms with Gasteiger partial charge in [0.1, 0.15) is 0 Å². The molecule has 0 fully saturated rings. The van der Waals surface area contributed by atoms with E-state index in [9.17, 15) is 0 Å². The smallest absolute Gasteiger partial charge is 0.192 e. The fourth-order valence-electron chi connectivity index (χ4n) is 2.22. The molecular weight excluding hydrogens is 278 g/mol. The molecule has 2 rings (SSSR count). The summed E-state index contributed by atoms with van der Waals surface area (Å²) in [5.41, 5.74) is 8.45. The van der Waals surface area contributed by atoms with E-state index < -0.39 is 0 Å². The van der Waals surface area contributed by atoms with Gasteiger partial charge in [-0.3, -0.25) is 4.99 Å². The minimum Gasteiger partial charge on any atom is -0.370 e. The van der Waals surface area contributed by atoms with Gasteiger partial charge in [-0.1, -0.05) is 28.1 Å². The van der Waals surface area contributed by atoms with Crippen LogP contribution in [-0.2, 0) is 0 Å². The number of aliphatic imine (C=N–C) groups is 1. The third kappa shape index (κ3) is 2.32. The Labute approximate surface area is 111 Å². The van der Waals surface area contributed by atoms with Crippen molar-refractivity contribution in [1.29, 1.82) is 0 Å². The molecule has 1 heterocycles. The molecule has 1 aromatic rings. The van der Waals surface area contributed by atoms with Crippen molar-refractivity contribution in [2.75, 3.05) is 6.54 Å². The molecule has 0 saturated carbocycles. The summed E-state index contributed by atoms with van der Waals surface area (Å²) in [5.74, 6) is 0.654. The van der Waals surface area contributed by atoms with Gasteiger partial charge in [-0.25, -0.2) is 0 Å². The number of benzene rings is 1. The maximum atomic E-state index is 5.94. The van der Waals surface area contributed by atoms with Gasteiger partial charge in [0, 0.05) is 10.5 Å². The van der Waals surface area contributed by atoms with E-state index in [0.717, 1.165) is 11.0 Å². The summed E-state index contributed by atoms with van der Waals surface area (Å²) < 4.78 is 1.14. The Morgan fingerprint density at radius 1 is 1.47 bits per heavy atom. The minimum absolute atomic E-state index is 0.270. The Morgan fingerprint density at radius 2 is 2.18 bits per heavy atom. The molecule has 0 aromatic heterocycles. The van der Waals surface area contributed by atoms with E-state index in [1.807, 2.05) is 0 Å². The molecule has 17 heavy (non-hydrogen) atoms.